The molecule has 6 nitrogen and oxygen atoms in total. The van der Waals surface area contributed by atoms with Gasteiger partial charge in [-0.3, -0.25) is 14.5 Å². The molecule has 38 heavy (non-hydrogen) atoms. The molecule has 1 aromatic rings. The summed E-state index contributed by atoms with van der Waals surface area (Å²) in [6, 6.07) is 6.78. The maximum absolute atomic E-state index is 13.8. The molecular formula is C31H42N4O2S. The summed E-state index contributed by atoms with van der Waals surface area (Å²) in [5, 5.41) is 4.02. The number of piperidine rings is 1. The van der Waals surface area contributed by atoms with Crippen LogP contribution in [0.25, 0.3) is 0 Å². The van der Waals surface area contributed by atoms with Crippen molar-refractivity contribution < 1.29 is 9.59 Å². The van der Waals surface area contributed by atoms with E-state index in [0.29, 0.717) is 11.3 Å². The van der Waals surface area contributed by atoms with Crippen molar-refractivity contribution in [1.82, 2.24) is 14.7 Å². The highest BCUT2D eigenvalue weighted by Gasteiger charge is 2.51. The first kappa shape index (κ1) is 27.1. The zero-order valence-electron chi connectivity index (χ0n) is 23.0. The second-order valence-electron chi connectivity index (χ2n) is 11.5. The average Bonchev–Trinajstić information content (AvgIpc) is 3.71. The van der Waals surface area contributed by atoms with Crippen molar-refractivity contribution in [2.24, 2.45) is 0 Å². The molecule has 7 heteroatoms. The lowest BCUT2D eigenvalue weighted by Gasteiger charge is -2.38. The minimum atomic E-state index is 0.139. The van der Waals surface area contributed by atoms with Gasteiger partial charge in [0.05, 0.1) is 0 Å². The van der Waals surface area contributed by atoms with E-state index >= 15 is 0 Å². The zero-order chi connectivity index (χ0) is 26.9. The van der Waals surface area contributed by atoms with E-state index in [2.05, 4.69) is 52.7 Å². The molecule has 204 valence electrons. The average molecular weight is 535 g/mol. The number of amides is 2. The number of allylic oxidation sites excluding steroid dienone is 1. The quantitative estimate of drug-likeness (QED) is 0.498. The fraction of sp³-hybridized carbons (Fsp3) is 0.548. The van der Waals surface area contributed by atoms with Crippen LogP contribution in [0.2, 0.25) is 0 Å². The smallest absolute Gasteiger partial charge is 0.254 e. The third-order valence-electron chi connectivity index (χ3n) is 8.98. The Kier molecular flexibility index (Phi) is 8.06. The van der Waals surface area contributed by atoms with Crippen molar-refractivity contribution >= 4 is 29.3 Å². The highest BCUT2D eigenvalue weighted by atomic mass is 32.2. The Bertz CT molecular complexity index is 1130. The summed E-state index contributed by atoms with van der Waals surface area (Å²) in [5.74, 6) is 0.325. The number of anilines is 1. The molecule has 4 aliphatic rings. The fourth-order valence-corrected chi connectivity index (χ4v) is 7.14. The Morgan fingerprint density at radius 1 is 1.16 bits per heavy atom. The van der Waals surface area contributed by atoms with Crippen LogP contribution in [0.15, 0.2) is 54.7 Å². The molecule has 1 aromatic carbocycles. The Balaban J connectivity index is 1.26. The first-order valence-corrected chi connectivity index (χ1v) is 15.3. The van der Waals surface area contributed by atoms with Crippen molar-refractivity contribution in [3.63, 3.8) is 0 Å². The van der Waals surface area contributed by atoms with Crippen LogP contribution < -0.4 is 5.32 Å². The van der Waals surface area contributed by atoms with Crippen LogP contribution in [-0.4, -0.2) is 89.9 Å². The Labute approximate surface area is 232 Å². The number of fused-ring (bicyclic) bond motifs is 2. The molecule has 1 atom stereocenters. The van der Waals surface area contributed by atoms with Gasteiger partial charge < -0.3 is 15.1 Å². The zero-order valence-corrected chi connectivity index (χ0v) is 23.8. The van der Waals surface area contributed by atoms with Crippen molar-refractivity contribution in [3.8, 4) is 0 Å². The summed E-state index contributed by atoms with van der Waals surface area (Å²) >= 11 is 1.87. The number of thioether (sulfide) groups is 1. The maximum atomic E-state index is 13.8. The van der Waals surface area contributed by atoms with Gasteiger partial charge in [0.2, 0.25) is 5.91 Å². The van der Waals surface area contributed by atoms with Crippen LogP contribution in [0.4, 0.5) is 5.69 Å². The van der Waals surface area contributed by atoms with E-state index in [9.17, 15) is 9.59 Å². The van der Waals surface area contributed by atoms with Crippen molar-refractivity contribution in [2.45, 2.75) is 55.7 Å². The van der Waals surface area contributed by atoms with Crippen molar-refractivity contribution in [2.75, 3.05) is 57.4 Å². The molecule has 3 aliphatic heterocycles. The summed E-state index contributed by atoms with van der Waals surface area (Å²) in [7, 11) is 0. The molecule has 0 bridgehead atoms. The summed E-state index contributed by atoms with van der Waals surface area (Å²) in [4.78, 5) is 32.0. The highest BCUT2D eigenvalue weighted by Crippen LogP contribution is 2.52. The lowest BCUT2D eigenvalue weighted by molar-refractivity contribution is -0.129. The number of nitrogens with zero attached hydrogens (tertiary/aromatic N) is 3. The molecule has 0 aromatic heterocycles. The second kappa shape index (κ2) is 11.3. The van der Waals surface area contributed by atoms with E-state index in [1.807, 2.05) is 28.8 Å². The Morgan fingerprint density at radius 3 is 2.53 bits per heavy atom. The standard InChI is InChI=1S/C31H42N4O2S/c1-5-23-9-14-33(18-24(23)6-2)19-27(38-4)20-35-21-31(12-13-31)29-8-7-26(17-28(29)30(35)37)32-25-10-15-34(16-11-25)22(3)36/h5-8,17,25,27,32H,1-2,9-16,18-21H2,3-4H3. The Hall–Kier alpha value is -2.51. The van der Waals surface area contributed by atoms with Gasteiger partial charge in [0.15, 0.2) is 0 Å². The number of likely N-dealkylation sites (tertiary alicyclic amines) is 1. The molecule has 3 heterocycles. The topological polar surface area (TPSA) is 55.9 Å². The molecule has 0 radical (unpaired) electrons. The maximum Gasteiger partial charge on any atom is 0.254 e. The summed E-state index contributed by atoms with van der Waals surface area (Å²) < 4.78 is 0. The third-order valence-corrected chi connectivity index (χ3v) is 9.95. The number of rotatable bonds is 9. The third kappa shape index (κ3) is 5.59. The van der Waals surface area contributed by atoms with Gasteiger partial charge >= 0.3 is 0 Å². The van der Waals surface area contributed by atoms with Crippen LogP contribution in [0.3, 0.4) is 0 Å². The van der Waals surface area contributed by atoms with Gasteiger partial charge in [0.25, 0.3) is 5.91 Å². The number of benzene rings is 1. The minimum Gasteiger partial charge on any atom is -0.382 e. The predicted octanol–water partition coefficient (Wildman–Crippen LogP) is 4.70. The highest BCUT2D eigenvalue weighted by molar-refractivity contribution is 7.99. The van der Waals surface area contributed by atoms with Crippen LogP contribution in [-0.2, 0) is 10.2 Å². The fourth-order valence-electron chi connectivity index (χ4n) is 6.45. The largest absolute Gasteiger partial charge is 0.382 e. The molecule has 2 amide bonds. The van der Waals surface area contributed by atoms with Gasteiger partial charge in [-0.2, -0.15) is 11.8 Å². The molecule has 1 unspecified atom stereocenters. The molecule has 1 aliphatic carbocycles. The predicted molar refractivity (Wildman–Crippen MR) is 158 cm³/mol. The van der Waals surface area contributed by atoms with E-state index in [4.69, 9.17) is 0 Å². The van der Waals surface area contributed by atoms with E-state index in [1.54, 1.807) is 6.92 Å². The molecule has 5 rings (SSSR count). The van der Waals surface area contributed by atoms with Gasteiger partial charge in [-0.05, 0) is 67.2 Å². The molecule has 1 saturated carbocycles. The van der Waals surface area contributed by atoms with Gasteiger partial charge in [-0.15, -0.1) is 0 Å². The van der Waals surface area contributed by atoms with E-state index in [0.717, 1.165) is 89.2 Å². The van der Waals surface area contributed by atoms with E-state index in [-0.39, 0.29) is 17.2 Å². The van der Waals surface area contributed by atoms with E-state index < -0.39 is 0 Å². The van der Waals surface area contributed by atoms with Crippen molar-refractivity contribution in [3.05, 3.63) is 65.8 Å². The normalized spacial score (nSPS) is 22.3. The molecule has 1 spiro atoms. The number of carbonyl (C=O) groups is 2. The monoisotopic (exact) mass is 534 g/mol. The summed E-state index contributed by atoms with van der Waals surface area (Å²) in [5.41, 5.74) is 5.87. The molecular weight excluding hydrogens is 492 g/mol. The second-order valence-corrected chi connectivity index (χ2v) is 12.6. The lowest BCUT2D eigenvalue weighted by atomic mass is 9.86. The molecule has 1 saturated heterocycles. The van der Waals surface area contributed by atoms with Crippen molar-refractivity contribution in [1.29, 1.82) is 0 Å². The Morgan fingerprint density at radius 2 is 1.89 bits per heavy atom. The van der Waals surface area contributed by atoms with Crippen LogP contribution in [0, 0.1) is 0 Å². The van der Waals surface area contributed by atoms with Crippen LogP contribution >= 0.6 is 11.8 Å². The number of hydrogen-bond acceptors (Lipinski definition) is 5. The first-order chi connectivity index (χ1) is 18.4. The minimum absolute atomic E-state index is 0.139. The van der Waals surface area contributed by atoms with Gasteiger partial charge in [-0.25, -0.2) is 0 Å². The van der Waals surface area contributed by atoms with Gasteiger partial charge in [0.1, 0.15) is 0 Å². The molecule has 1 N–H and O–H groups in total. The van der Waals surface area contributed by atoms with Crippen LogP contribution in [0.5, 0.6) is 0 Å². The number of nitrogens with one attached hydrogen (secondary N) is 1. The molecule has 2 fully saturated rings. The van der Waals surface area contributed by atoms with E-state index in [1.165, 1.54) is 16.7 Å². The van der Waals surface area contributed by atoms with Gasteiger partial charge in [0, 0.05) is 80.7 Å². The van der Waals surface area contributed by atoms with Gasteiger partial charge in [-0.1, -0.05) is 31.4 Å². The van der Waals surface area contributed by atoms with Crippen LogP contribution in [0.1, 0.15) is 54.9 Å². The summed E-state index contributed by atoms with van der Waals surface area (Å²) in [6.07, 6.45) is 11.3. The first-order valence-electron chi connectivity index (χ1n) is 14.0. The lowest BCUT2D eigenvalue weighted by Crippen LogP contribution is -2.48. The number of hydrogen-bond donors (Lipinski definition) is 1. The SMILES string of the molecule is C=CC1=C(C=C)CN(CC(CN2CC3(CC3)c3ccc(NC4CCN(C(C)=O)CC4)cc3C2=O)SC)CC1. The summed E-state index contributed by atoms with van der Waals surface area (Å²) in [6.45, 7) is 15.7. The number of carbonyl (C=O) groups excluding carboxylic acids is 2.